The van der Waals surface area contributed by atoms with Gasteiger partial charge in [-0.2, -0.15) is 0 Å². The average Bonchev–Trinajstić information content (AvgIpc) is 3.00. The Balaban J connectivity index is 1.82. The minimum atomic E-state index is -4.20. The summed E-state index contributed by atoms with van der Waals surface area (Å²) in [7, 11) is -4.20. The monoisotopic (exact) mass is 629 g/mol. The SMILES string of the molecule is Cc1ccc(S(=O)(=O)N(CC(=O)N(Cc2ccc(F)cc2)C(Cc2ccccc2)C(=O)NC(C)C)c2ccc(C)c(C)c2)cc1. The number of nitrogens with zero attached hydrogens (tertiary/aromatic N) is 2. The largest absolute Gasteiger partial charge is 0.352 e. The highest BCUT2D eigenvalue weighted by atomic mass is 32.2. The van der Waals surface area contributed by atoms with Gasteiger partial charge in [0.2, 0.25) is 11.8 Å². The minimum absolute atomic E-state index is 0.0343. The van der Waals surface area contributed by atoms with E-state index in [-0.39, 0.29) is 29.8 Å². The second kappa shape index (κ2) is 14.5. The molecule has 0 heterocycles. The number of amides is 2. The molecule has 0 aromatic heterocycles. The number of rotatable bonds is 12. The van der Waals surface area contributed by atoms with Gasteiger partial charge >= 0.3 is 0 Å². The summed E-state index contributed by atoms with van der Waals surface area (Å²) in [6.07, 6.45) is 0.195. The third kappa shape index (κ3) is 8.57. The number of anilines is 1. The van der Waals surface area contributed by atoms with Crippen LogP contribution in [0.1, 0.15) is 41.7 Å². The summed E-state index contributed by atoms with van der Waals surface area (Å²) < 4.78 is 43.3. The van der Waals surface area contributed by atoms with Gasteiger partial charge in [0.15, 0.2) is 0 Å². The van der Waals surface area contributed by atoms with Gasteiger partial charge in [-0.05, 0) is 93.3 Å². The van der Waals surface area contributed by atoms with Gasteiger partial charge in [-0.25, -0.2) is 12.8 Å². The van der Waals surface area contributed by atoms with Gasteiger partial charge in [-0.1, -0.05) is 66.2 Å². The number of sulfonamides is 1. The van der Waals surface area contributed by atoms with Crippen molar-refractivity contribution in [2.24, 2.45) is 0 Å². The fraction of sp³-hybridized carbons (Fsp3) is 0.278. The maximum absolute atomic E-state index is 14.5. The molecule has 1 N–H and O–H groups in total. The fourth-order valence-corrected chi connectivity index (χ4v) is 6.37. The van der Waals surface area contributed by atoms with Crippen molar-refractivity contribution in [3.05, 3.63) is 131 Å². The van der Waals surface area contributed by atoms with E-state index in [2.05, 4.69) is 5.32 Å². The smallest absolute Gasteiger partial charge is 0.264 e. The Labute approximate surface area is 265 Å². The highest BCUT2D eigenvalue weighted by molar-refractivity contribution is 7.92. The van der Waals surface area contributed by atoms with E-state index < -0.39 is 34.3 Å². The standard InChI is InChI=1S/C36H40FN3O4S/c1-25(2)38-36(42)34(22-29-9-7-6-8-10-29)39(23-30-14-16-31(37)17-15-30)35(41)24-40(32-18-13-27(4)28(5)21-32)45(43,44)33-19-11-26(3)12-20-33/h6-21,25,34H,22-24H2,1-5H3,(H,38,42). The summed E-state index contributed by atoms with van der Waals surface area (Å²) in [5.41, 5.74) is 4.50. The van der Waals surface area contributed by atoms with Crippen LogP contribution in [-0.4, -0.2) is 43.8 Å². The molecule has 0 fully saturated rings. The number of benzene rings is 4. The zero-order valence-corrected chi connectivity index (χ0v) is 27.1. The van der Waals surface area contributed by atoms with Crippen LogP contribution in [0, 0.1) is 26.6 Å². The molecule has 1 unspecified atom stereocenters. The van der Waals surface area contributed by atoms with Crippen molar-refractivity contribution >= 4 is 27.5 Å². The molecule has 45 heavy (non-hydrogen) atoms. The number of carbonyl (C=O) groups is 2. The molecule has 0 bridgehead atoms. The van der Waals surface area contributed by atoms with Crippen LogP contribution in [0.15, 0.2) is 102 Å². The molecule has 2 amide bonds. The molecule has 0 saturated carbocycles. The van der Waals surface area contributed by atoms with E-state index in [1.54, 1.807) is 36.4 Å². The summed E-state index contributed by atoms with van der Waals surface area (Å²) in [5.74, 6) is -1.38. The fourth-order valence-electron chi connectivity index (χ4n) is 4.97. The Bertz CT molecular complexity index is 1720. The highest BCUT2D eigenvalue weighted by Crippen LogP contribution is 2.27. The van der Waals surface area contributed by atoms with E-state index in [4.69, 9.17) is 0 Å². The lowest BCUT2D eigenvalue weighted by Crippen LogP contribution is -2.54. The van der Waals surface area contributed by atoms with Gasteiger partial charge in [-0.3, -0.25) is 13.9 Å². The van der Waals surface area contributed by atoms with E-state index in [0.717, 1.165) is 26.6 Å². The number of aryl methyl sites for hydroxylation is 3. The second-order valence-corrected chi connectivity index (χ2v) is 13.5. The number of hydrogen-bond donors (Lipinski definition) is 1. The summed E-state index contributed by atoms with van der Waals surface area (Å²) in [6.45, 7) is 8.74. The molecule has 0 aliphatic rings. The zero-order chi connectivity index (χ0) is 32.7. The van der Waals surface area contributed by atoms with Crippen LogP contribution in [0.4, 0.5) is 10.1 Å². The second-order valence-electron chi connectivity index (χ2n) is 11.6. The maximum atomic E-state index is 14.5. The molecule has 4 aromatic carbocycles. The third-order valence-electron chi connectivity index (χ3n) is 7.63. The Hall–Kier alpha value is -4.50. The van der Waals surface area contributed by atoms with E-state index in [1.165, 1.54) is 29.2 Å². The van der Waals surface area contributed by atoms with Crippen LogP contribution in [0.2, 0.25) is 0 Å². The molecular weight excluding hydrogens is 589 g/mol. The lowest BCUT2D eigenvalue weighted by atomic mass is 10.0. The first-order valence-electron chi connectivity index (χ1n) is 14.9. The number of halogens is 1. The van der Waals surface area contributed by atoms with E-state index in [9.17, 15) is 22.4 Å². The highest BCUT2D eigenvalue weighted by Gasteiger charge is 2.35. The van der Waals surface area contributed by atoms with Crippen LogP contribution in [0.3, 0.4) is 0 Å². The summed E-state index contributed by atoms with van der Waals surface area (Å²) >= 11 is 0. The lowest BCUT2D eigenvalue weighted by molar-refractivity contribution is -0.140. The Morgan fingerprint density at radius 3 is 2.04 bits per heavy atom. The van der Waals surface area contributed by atoms with E-state index >= 15 is 0 Å². The first-order valence-corrected chi connectivity index (χ1v) is 16.3. The average molecular weight is 630 g/mol. The quantitative estimate of drug-likeness (QED) is 0.205. The normalized spacial score (nSPS) is 12.1. The molecule has 0 aliphatic carbocycles. The van der Waals surface area contributed by atoms with Gasteiger partial charge in [0.05, 0.1) is 10.6 Å². The number of hydrogen-bond acceptors (Lipinski definition) is 4. The molecule has 1 atom stereocenters. The Kier molecular flexibility index (Phi) is 10.8. The molecule has 9 heteroatoms. The Morgan fingerprint density at radius 2 is 1.44 bits per heavy atom. The molecular formula is C36H40FN3O4S. The minimum Gasteiger partial charge on any atom is -0.352 e. The number of carbonyl (C=O) groups excluding carboxylic acids is 2. The van der Waals surface area contributed by atoms with Crippen molar-refractivity contribution in [2.45, 2.75) is 64.6 Å². The summed E-state index contributed by atoms with van der Waals surface area (Å²) in [4.78, 5) is 29.7. The first kappa shape index (κ1) is 33.4. The molecule has 0 saturated heterocycles. The van der Waals surface area contributed by atoms with Crippen LogP contribution in [0.5, 0.6) is 0 Å². The molecule has 4 aromatic rings. The zero-order valence-electron chi connectivity index (χ0n) is 26.3. The molecule has 0 aliphatic heterocycles. The third-order valence-corrected chi connectivity index (χ3v) is 9.42. The van der Waals surface area contributed by atoms with Crippen molar-refractivity contribution in [1.82, 2.24) is 10.2 Å². The number of nitrogens with one attached hydrogen (secondary N) is 1. The molecule has 236 valence electrons. The molecule has 0 spiro atoms. The van der Waals surface area contributed by atoms with Gasteiger partial charge in [0, 0.05) is 19.0 Å². The van der Waals surface area contributed by atoms with Gasteiger partial charge in [0.1, 0.15) is 18.4 Å². The van der Waals surface area contributed by atoms with E-state index in [0.29, 0.717) is 11.3 Å². The van der Waals surface area contributed by atoms with E-state index in [1.807, 2.05) is 71.0 Å². The van der Waals surface area contributed by atoms with Crippen molar-refractivity contribution in [3.63, 3.8) is 0 Å². The summed E-state index contributed by atoms with van der Waals surface area (Å²) in [6, 6.07) is 25.5. The predicted molar refractivity (Wildman–Crippen MR) is 176 cm³/mol. The van der Waals surface area contributed by atoms with Crippen molar-refractivity contribution < 1.29 is 22.4 Å². The summed E-state index contributed by atoms with van der Waals surface area (Å²) in [5, 5.41) is 2.93. The van der Waals surface area contributed by atoms with Crippen molar-refractivity contribution in [2.75, 3.05) is 10.8 Å². The van der Waals surface area contributed by atoms with Crippen molar-refractivity contribution in [1.29, 1.82) is 0 Å². The van der Waals surface area contributed by atoms with Gasteiger partial charge < -0.3 is 10.2 Å². The topological polar surface area (TPSA) is 86.8 Å². The maximum Gasteiger partial charge on any atom is 0.264 e. The van der Waals surface area contributed by atoms with Crippen LogP contribution < -0.4 is 9.62 Å². The lowest BCUT2D eigenvalue weighted by Gasteiger charge is -2.34. The van der Waals surface area contributed by atoms with Gasteiger partial charge in [-0.15, -0.1) is 0 Å². The van der Waals surface area contributed by atoms with Crippen molar-refractivity contribution in [3.8, 4) is 0 Å². The predicted octanol–water partition coefficient (Wildman–Crippen LogP) is 6.11. The van der Waals surface area contributed by atoms with Crippen LogP contribution >= 0.6 is 0 Å². The molecule has 4 rings (SSSR count). The molecule has 7 nitrogen and oxygen atoms in total. The first-order chi connectivity index (χ1) is 21.3. The van der Waals surface area contributed by atoms with Gasteiger partial charge in [0.25, 0.3) is 10.0 Å². The Morgan fingerprint density at radius 1 is 0.800 bits per heavy atom. The molecule has 0 radical (unpaired) electrons. The van der Waals surface area contributed by atoms with Crippen LogP contribution in [-0.2, 0) is 32.6 Å². The van der Waals surface area contributed by atoms with Crippen LogP contribution in [0.25, 0.3) is 0 Å².